The van der Waals surface area contributed by atoms with Gasteiger partial charge < -0.3 is 15.0 Å². The van der Waals surface area contributed by atoms with E-state index in [2.05, 4.69) is 44.9 Å². The van der Waals surface area contributed by atoms with Crippen molar-refractivity contribution in [3.63, 3.8) is 0 Å². The number of halogens is 1. The standard InChI is InChI=1S/C16H15BrN2O/c1-20-16-5-2-13(17)8-12(16)10-19-7-6-11-9-14(18)3-4-15(11)19/h2-9H,10,18H2,1H3. The zero-order valence-corrected chi connectivity index (χ0v) is 12.7. The van der Waals surface area contributed by atoms with Crippen LogP contribution in [0.1, 0.15) is 5.56 Å². The smallest absolute Gasteiger partial charge is 0.123 e. The highest BCUT2D eigenvalue weighted by Crippen LogP contribution is 2.26. The maximum absolute atomic E-state index is 5.82. The molecule has 0 bridgehead atoms. The van der Waals surface area contributed by atoms with E-state index in [4.69, 9.17) is 10.5 Å². The number of anilines is 1. The first-order valence-corrected chi connectivity index (χ1v) is 7.13. The van der Waals surface area contributed by atoms with Crippen LogP contribution in [-0.2, 0) is 6.54 Å². The molecule has 0 spiro atoms. The molecule has 0 amide bonds. The van der Waals surface area contributed by atoms with E-state index in [1.54, 1.807) is 7.11 Å². The highest BCUT2D eigenvalue weighted by atomic mass is 79.9. The Bertz CT molecular complexity index is 764. The van der Waals surface area contributed by atoms with Crippen molar-refractivity contribution in [3.05, 3.63) is 58.7 Å². The van der Waals surface area contributed by atoms with Gasteiger partial charge in [-0.25, -0.2) is 0 Å². The lowest BCUT2D eigenvalue weighted by Gasteiger charge is -2.11. The number of nitrogens with two attached hydrogens (primary N) is 1. The molecule has 0 atom stereocenters. The third kappa shape index (κ3) is 2.39. The van der Waals surface area contributed by atoms with Crippen molar-refractivity contribution in [3.8, 4) is 5.75 Å². The molecule has 2 aromatic carbocycles. The predicted molar refractivity (Wildman–Crippen MR) is 86.1 cm³/mol. The molecule has 2 N–H and O–H groups in total. The average Bonchev–Trinajstić information content (AvgIpc) is 2.81. The maximum Gasteiger partial charge on any atom is 0.123 e. The predicted octanol–water partition coefficient (Wildman–Crippen LogP) is 4.04. The van der Waals surface area contributed by atoms with Crippen molar-refractivity contribution in [2.45, 2.75) is 6.54 Å². The van der Waals surface area contributed by atoms with Gasteiger partial charge in [-0.3, -0.25) is 0 Å². The molecule has 3 rings (SSSR count). The Hall–Kier alpha value is -1.94. The number of nitrogen functional groups attached to an aromatic ring is 1. The Morgan fingerprint density at radius 1 is 1.15 bits per heavy atom. The topological polar surface area (TPSA) is 40.2 Å². The molecule has 1 aromatic heterocycles. The van der Waals surface area contributed by atoms with Crippen LogP contribution in [-0.4, -0.2) is 11.7 Å². The van der Waals surface area contributed by atoms with Crippen LogP contribution in [0.3, 0.4) is 0 Å². The largest absolute Gasteiger partial charge is 0.496 e. The van der Waals surface area contributed by atoms with Crippen molar-refractivity contribution in [1.29, 1.82) is 0 Å². The Balaban J connectivity index is 2.03. The van der Waals surface area contributed by atoms with Crippen LogP contribution in [0.2, 0.25) is 0 Å². The quantitative estimate of drug-likeness (QED) is 0.736. The lowest BCUT2D eigenvalue weighted by molar-refractivity contribution is 0.408. The molecule has 0 aliphatic heterocycles. The molecule has 1 heterocycles. The number of hydrogen-bond donors (Lipinski definition) is 1. The molecule has 4 heteroatoms. The lowest BCUT2D eigenvalue weighted by Crippen LogP contribution is -2.00. The highest BCUT2D eigenvalue weighted by molar-refractivity contribution is 9.10. The van der Waals surface area contributed by atoms with Gasteiger partial charge in [-0.1, -0.05) is 15.9 Å². The molecule has 3 nitrogen and oxygen atoms in total. The number of aromatic nitrogens is 1. The fourth-order valence-corrected chi connectivity index (χ4v) is 2.82. The zero-order valence-electron chi connectivity index (χ0n) is 11.1. The highest BCUT2D eigenvalue weighted by Gasteiger charge is 2.07. The molecular weight excluding hydrogens is 316 g/mol. The fourth-order valence-electron chi connectivity index (χ4n) is 2.41. The SMILES string of the molecule is COc1ccc(Br)cc1Cn1ccc2cc(N)ccc21. The van der Waals surface area contributed by atoms with Gasteiger partial charge in [0.05, 0.1) is 13.7 Å². The summed E-state index contributed by atoms with van der Waals surface area (Å²) >= 11 is 3.51. The van der Waals surface area contributed by atoms with Gasteiger partial charge in [0.1, 0.15) is 5.75 Å². The lowest BCUT2D eigenvalue weighted by atomic mass is 10.2. The summed E-state index contributed by atoms with van der Waals surface area (Å²) in [6.07, 6.45) is 2.07. The first kappa shape index (κ1) is 13.1. The second-order valence-corrected chi connectivity index (χ2v) is 5.63. The minimum absolute atomic E-state index is 0.760. The van der Waals surface area contributed by atoms with Gasteiger partial charge in [-0.05, 0) is 42.5 Å². The number of methoxy groups -OCH3 is 1. The molecule has 102 valence electrons. The van der Waals surface area contributed by atoms with Crippen molar-refractivity contribution in [2.75, 3.05) is 12.8 Å². The number of ether oxygens (including phenoxy) is 1. The number of nitrogens with zero attached hydrogens (tertiary/aromatic N) is 1. The number of benzene rings is 2. The van der Waals surface area contributed by atoms with E-state index >= 15 is 0 Å². The van der Waals surface area contributed by atoms with Crippen LogP contribution in [0.4, 0.5) is 5.69 Å². The van der Waals surface area contributed by atoms with Gasteiger partial charge in [-0.15, -0.1) is 0 Å². The minimum Gasteiger partial charge on any atom is -0.496 e. The average molecular weight is 331 g/mol. The van der Waals surface area contributed by atoms with Gasteiger partial charge in [-0.2, -0.15) is 0 Å². The van der Waals surface area contributed by atoms with E-state index in [0.29, 0.717) is 0 Å². The van der Waals surface area contributed by atoms with Crippen LogP contribution in [0.5, 0.6) is 5.75 Å². The van der Waals surface area contributed by atoms with E-state index in [-0.39, 0.29) is 0 Å². The Kier molecular flexibility index (Phi) is 3.40. The summed E-state index contributed by atoms with van der Waals surface area (Å²) in [6.45, 7) is 0.760. The molecule has 0 aliphatic rings. The molecule has 0 unspecified atom stereocenters. The van der Waals surface area contributed by atoms with Gasteiger partial charge in [0.15, 0.2) is 0 Å². The summed E-state index contributed by atoms with van der Waals surface area (Å²) in [5.41, 5.74) is 8.91. The first-order valence-electron chi connectivity index (χ1n) is 6.34. The summed E-state index contributed by atoms with van der Waals surface area (Å²) < 4.78 is 8.67. The molecule has 0 saturated heterocycles. The van der Waals surface area contributed by atoms with Gasteiger partial charge in [0.25, 0.3) is 0 Å². The number of hydrogen-bond acceptors (Lipinski definition) is 2. The molecule has 3 aromatic rings. The Morgan fingerprint density at radius 2 is 2.00 bits per heavy atom. The van der Waals surface area contributed by atoms with Crippen LogP contribution in [0.15, 0.2) is 53.1 Å². The number of fused-ring (bicyclic) bond motifs is 1. The van der Waals surface area contributed by atoms with E-state index in [0.717, 1.165) is 33.4 Å². The fraction of sp³-hybridized carbons (Fsp3) is 0.125. The summed E-state index contributed by atoms with van der Waals surface area (Å²) in [6, 6.07) is 14.1. The van der Waals surface area contributed by atoms with E-state index in [9.17, 15) is 0 Å². The van der Waals surface area contributed by atoms with Crippen molar-refractivity contribution in [1.82, 2.24) is 4.57 Å². The third-order valence-electron chi connectivity index (χ3n) is 3.38. The zero-order chi connectivity index (χ0) is 14.1. The Labute approximate surface area is 126 Å². The van der Waals surface area contributed by atoms with Gasteiger partial charge >= 0.3 is 0 Å². The first-order chi connectivity index (χ1) is 9.67. The molecule has 0 radical (unpaired) electrons. The van der Waals surface area contributed by atoms with Crippen molar-refractivity contribution in [2.24, 2.45) is 0 Å². The summed E-state index contributed by atoms with van der Waals surface area (Å²) in [5, 5.41) is 1.15. The monoisotopic (exact) mass is 330 g/mol. The van der Waals surface area contributed by atoms with E-state index < -0.39 is 0 Å². The maximum atomic E-state index is 5.82. The summed E-state index contributed by atoms with van der Waals surface area (Å²) in [4.78, 5) is 0. The minimum atomic E-state index is 0.760. The van der Waals surface area contributed by atoms with Crippen LogP contribution >= 0.6 is 15.9 Å². The van der Waals surface area contributed by atoms with E-state index in [1.165, 1.54) is 5.52 Å². The van der Waals surface area contributed by atoms with Gasteiger partial charge in [0.2, 0.25) is 0 Å². The third-order valence-corrected chi connectivity index (χ3v) is 3.87. The molecule has 0 aliphatic carbocycles. The molecule has 0 fully saturated rings. The molecule has 20 heavy (non-hydrogen) atoms. The second kappa shape index (κ2) is 5.21. The van der Waals surface area contributed by atoms with Crippen molar-refractivity contribution >= 4 is 32.5 Å². The number of rotatable bonds is 3. The van der Waals surface area contributed by atoms with E-state index in [1.807, 2.05) is 24.3 Å². The summed E-state index contributed by atoms with van der Waals surface area (Å²) in [5.74, 6) is 0.894. The second-order valence-electron chi connectivity index (χ2n) is 4.72. The van der Waals surface area contributed by atoms with Crippen LogP contribution in [0, 0.1) is 0 Å². The van der Waals surface area contributed by atoms with Crippen molar-refractivity contribution < 1.29 is 4.74 Å². The van der Waals surface area contributed by atoms with Gasteiger partial charge in [0, 0.05) is 32.8 Å². The molecular formula is C16H15BrN2O. The van der Waals surface area contributed by atoms with Crippen LogP contribution < -0.4 is 10.5 Å². The normalized spacial score (nSPS) is 10.9. The summed E-state index contributed by atoms with van der Waals surface area (Å²) in [7, 11) is 1.70. The molecule has 0 saturated carbocycles. The van der Waals surface area contributed by atoms with Crippen LogP contribution in [0.25, 0.3) is 10.9 Å². The Morgan fingerprint density at radius 3 is 2.80 bits per heavy atom.